The van der Waals surface area contributed by atoms with Gasteiger partial charge in [0.1, 0.15) is 5.75 Å². The maximum Gasteiger partial charge on any atom is 0.253 e. The minimum Gasteiger partial charge on any atom is -0.496 e. The van der Waals surface area contributed by atoms with Gasteiger partial charge in [-0.2, -0.15) is 0 Å². The van der Waals surface area contributed by atoms with Crippen molar-refractivity contribution in [1.82, 2.24) is 4.90 Å². The molecule has 1 saturated heterocycles. The molecule has 0 radical (unpaired) electrons. The van der Waals surface area contributed by atoms with Crippen LogP contribution >= 0.6 is 0 Å². The number of likely N-dealkylation sites (tertiary alicyclic amines) is 1. The van der Waals surface area contributed by atoms with E-state index in [9.17, 15) is 4.79 Å². The highest BCUT2D eigenvalue weighted by Crippen LogP contribution is 2.42. The zero-order valence-electron chi connectivity index (χ0n) is 14.3. The molecular weight excluding hydrogens is 318 g/mol. The van der Waals surface area contributed by atoms with Gasteiger partial charge in [-0.05, 0) is 43.0 Å². The van der Waals surface area contributed by atoms with Gasteiger partial charge in [0.05, 0.1) is 7.11 Å². The molecule has 1 amide bonds. The summed E-state index contributed by atoms with van der Waals surface area (Å²) in [5, 5.41) is 0. The highest BCUT2D eigenvalue weighted by Gasteiger charge is 2.21. The van der Waals surface area contributed by atoms with E-state index in [4.69, 9.17) is 14.2 Å². The highest BCUT2D eigenvalue weighted by molar-refractivity contribution is 5.96. The number of amides is 1. The second-order valence-electron chi connectivity index (χ2n) is 6.34. The smallest absolute Gasteiger partial charge is 0.253 e. The van der Waals surface area contributed by atoms with Crippen molar-refractivity contribution in [1.29, 1.82) is 0 Å². The minimum atomic E-state index is 0.0984. The van der Waals surface area contributed by atoms with E-state index in [1.807, 2.05) is 41.3 Å². The Labute approximate surface area is 147 Å². The van der Waals surface area contributed by atoms with Gasteiger partial charge in [0.25, 0.3) is 5.91 Å². The van der Waals surface area contributed by atoms with Crippen molar-refractivity contribution in [3.63, 3.8) is 0 Å². The van der Waals surface area contributed by atoms with Gasteiger partial charge in [0.15, 0.2) is 11.5 Å². The molecule has 2 aliphatic heterocycles. The van der Waals surface area contributed by atoms with E-state index in [1.165, 1.54) is 6.42 Å². The first kappa shape index (κ1) is 15.8. The molecule has 1 fully saturated rings. The zero-order valence-corrected chi connectivity index (χ0v) is 14.3. The summed E-state index contributed by atoms with van der Waals surface area (Å²) in [5.74, 6) is 2.18. The summed E-state index contributed by atoms with van der Waals surface area (Å²) >= 11 is 0. The molecule has 4 rings (SSSR count). The molecule has 25 heavy (non-hydrogen) atoms. The normalized spacial score (nSPS) is 16.0. The van der Waals surface area contributed by atoms with Crippen LogP contribution < -0.4 is 14.2 Å². The first-order valence-electron chi connectivity index (χ1n) is 8.63. The third-order valence-electron chi connectivity index (χ3n) is 4.76. The largest absolute Gasteiger partial charge is 0.496 e. The number of piperidine rings is 1. The Morgan fingerprint density at radius 3 is 2.56 bits per heavy atom. The van der Waals surface area contributed by atoms with Crippen molar-refractivity contribution in [2.24, 2.45) is 0 Å². The predicted octanol–water partition coefficient (Wildman–Crippen LogP) is 3.72. The van der Waals surface area contributed by atoms with E-state index in [2.05, 4.69) is 0 Å². The van der Waals surface area contributed by atoms with Crippen molar-refractivity contribution < 1.29 is 19.0 Å². The van der Waals surface area contributed by atoms with Crippen LogP contribution in [0.2, 0.25) is 0 Å². The molecule has 0 aliphatic carbocycles. The molecule has 5 heteroatoms. The average molecular weight is 339 g/mol. The third-order valence-corrected chi connectivity index (χ3v) is 4.76. The zero-order chi connectivity index (χ0) is 17.2. The van der Waals surface area contributed by atoms with Gasteiger partial charge in [-0.15, -0.1) is 0 Å². The Kier molecular flexibility index (Phi) is 4.22. The number of hydrogen-bond donors (Lipinski definition) is 0. The molecular formula is C20H21NO4. The highest BCUT2D eigenvalue weighted by atomic mass is 16.7. The Morgan fingerprint density at radius 2 is 1.80 bits per heavy atom. The van der Waals surface area contributed by atoms with Crippen molar-refractivity contribution in [2.45, 2.75) is 19.3 Å². The first-order chi connectivity index (χ1) is 12.3. The number of carbonyl (C=O) groups is 1. The molecule has 2 aromatic carbocycles. The summed E-state index contributed by atoms with van der Waals surface area (Å²) in [5.41, 5.74) is 2.53. The van der Waals surface area contributed by atoms with Crippen molar-refractivity contribution in [2.75, 3.05) is 27.0 Å². The average Bonchev–Trinajstić information content (AvgIpc) is 3.14. The molecule has 130 valence electrons. The van der Waals surface area contributed by atoms with Gasteiger partial charge < -0.3 is 19.1 Å². The number of ether oxygens (including phenoxy) is 3. The fraction of sp³-hybridized carbons (Fsp3) is 0.350. The molecule has 0 saturated carbocycles. The van der Waals surface area contributed by atoms with Crippen LogP contribution in [0, 0.1) is 0 Å². The summed E-state index contributed by atoms with van der Waals surface area (Å²) in [7, 11) is 1.63. The van der Waals surface area contributed by atoms with Crippen LogP contribution in [-0.4, -0.2) is 37.8 Å². The lowest BCUT2D eigenvalue weighted by Gasteiger charge is -2.26. The molecule has 0 aromatic heterocycles. The summed E-state index contributed by atoms with van der Waals surface area (Å²) in [6.45, 7) is 1.90. The molecule has 0 N–H and O–H groups in total. The third kappa shape index (κ3) is 3.02. The van der Waals surface area contributed by atoms with Crippen molar-refractivity contribution >= 4 is 5.91 Å². The molecule has 2 aromatic rings. The number of carbonyl (C=O) groups excluding carboxylic acids is 1. The van der Waals surface area contributed by atoms with Gasteiger partial charge in [-0.1, -0.05) is 12.1 Å². The quantitative estimate of drug-likeness (QED) is 0.855. The lowest BCUT2D eigenvalue weighted by atomic mass is 10.0. The van der Waals surface area contributed by atoms with Gasteiger partial charge in [-0.3, -0.25) is 4.79 Å². The van der Waals surface area contributed by atoms with Crippen LogP contribution in [0.3, 0.4) is 0 Å². The van der Waals surface area contributed by atoms with E-state index in [-0.39, 0.29) is 12.7 Å². The number of rotatable bonds is 3. The van der Waals surface area contributed by atoms with E-state index in [1.54, 1.807) is 7.11 Å². The maximum atomic E-state index is 12.8. The summed E-state index contributed by atoms with van der Waals surface area (Å²) in [6, 6.07) is 11.4. The van der Waals surface area contributed by atoms with Gasteiger partial charge in [0, 0.05) is 30.3 Å². The van der Waals surface area contributed by atoms with E-state index < -0.39 is 0 Å². The van der Waals surface area contributed by atoms with Gasteiger partial charge in [-0.25, -0.2) is 0 Å². The van der Waals surface area contributed by atoms with Gasteiger partial charge in [0.2, 0.25) is 6.79 Å². The molecule has 0 bridgehead atoms. The summed E-state index contributed by atoms with van der Waals surface area (Å²) < 4.78 is 16.4. The molecule has 0 spiro atoms. The Bertz CT molecular complexity index is 796. The standard InChI is InChI=1S/C20H21NO4/c1-23-17-12-19-18(24-13-25-19)11-16(17)14-6-5-7-15(10-14)20(22)21-8-3-2-4-9-21/h5-7,10-12H,2-4,8-9,13H2,1H3. The van der Waals surface area contributed by atoms with Crippen LogP contribution in [0.15, 0.2) is 36.4 Å². The fourth-order valence-corrected chi connectivity index (χ4v) is 3.42. The number of hydrogen-bond acceptors (Lipinski definition) is 4. The Morgan fingerprint density at radius 1 is 1.04 bits per heavy atom. The van der Waals surface area contributed by atoms with Crippen molar-refractivity contribution in [3.05, 3.63) is 42.0 Å². The molecule has 2 heterocycles. The summed E-state index contributed by atoms with van der Waals surface area (Å²) in [6.07, 6.45) is 3.38. The second kappa shape index (κ2) is 6.67. The second-order valence-corrected chi connectivity index (χ2v) is 6.34. The number of methoxy groups -OCH3 is 1. The van der Waals surface area contributed by atoms with Crippen LogP contribution in [-0.2, 0) is 0 Å². The SMILES string of the molecule is COc1cc2c(cc1-c1cccc(C(=O)N3CCCCC3)c1)OCO2. The molecule has 5 nitrogen and oxygen atoms in total. The number of fused-ring (bicyclic) bond motifs is 1. The Hall–Kier alpha value is -2.69. The molecule has 0 atom stereocenters. The van der Waals surface area contributed by atoms with Crippen molar-refractivity contribution in [3.8, 4) is 28.4 Å². The molecule has 2 aliphatic rings. The molecule has 0 unspecified atom stereocenters. The van der Waals surface area contributed by atoms with Gasteiger partial charge >= 0.3 is 0 Å². The van der Waals surface area contributed by atoms with E-state index >= 15 is 0 Å². The first-order valence-corrected chi connectivity index (χ1v) is 8.63. The lowest BCUT2D eigenvalue weighted by Crippen LogP contribution is -2.35. The van der Waals surface area contributed by atoms with Crippen LogP contribution in [0.25, 0.3) is 11.1 Å². The lowest BCUT2D eigenvalue weighted by molar-refractivity contribution is 0.0724. The topological polar surface area (TPSA) is 48.0 Å². The monoisotopic (exact) mass is 339 g/mol. The Balaban J connectivity index is 1.69. The van der Waals surface area contributed by atoms with E-state index in [0.29, 0.717) is 22.8 Å². The number of benzene rings is 2. The van der Waals surface area contributed by atoms with Crippen LogP contribution in [0.4, 0.5) is 0 Å². The maximum absolute atomic E-state index is 12.8. The van der Waals surface area contributed by atoms with E-state index in [0.717, 1.165) is 37.1 Å². The van der Waals surface area contributed by atoms with Crippen LogP contribution in [0.5, 0.6) is 17.2 Å². The fourth-order valence-electron chi connectivity index (χ4n) is 3.42. The van der Waals surface area contributed by atoms with Crippen LogP contribution in [0.1, 0.15) is 29.6 Å². The minimum absolute atomic E-state index is 0.0984. The predicted molar refractivity (Wildman–Crippen MR) is 94.3 cm³/mol. The number of nitrogens with zero attached hydrogens (tertiary/aromatic N) is 1. The summed E-state index contributed by atoms with van der Waals surface area (Å²) in [4.78, 5) is 14.7.